The van der Waals surface area contributed by atoms with E-state index in [1.807, 2.05) is 40.8 Å². The van der Waals surface area contributed by atoms with E-state index in [9.17, 15) is 14.0 Å². The predicted molar refractivity (Wildman–Crippen MR) is 136 cm³/mol. The average molecular weight is 496 g/mol. The maximum atomic E-state index is 14.0. The lowest BCUT2D eigenvalue weighted by Gasteiger charge is -2.33. The third kappa shape index (κ3) is 6.15. The molecule has 1 aliphatic heterocycles. The number of nitrogens with one attached hydrogen (secondary N) is 1. The first-order valence-electron chi connectivity index (χ1n) is 12.5. The van der Waals surface area contributed by atoms with Gasteiger partial charge in [0.05, 0.1) is 18.8 Å². The Kier molecular flexibility index (Phi) is 8.43. The van der Waals surface area contributed by atoms with E-state index in [0.29, 0.717) is 44.2 Å². The Morgan fingerprint density at radius 2 is 1.81 bits per heavy atom. The number of rotatable bonds is 9. The van der Waals surface area contributed by atoms with Gasteiger partial charge >= 0.3 is 6.03 Å². The number of hydrogen-bond donors (Lipinski definition) is 1. The second kappa shape index (κ2) is 11.9. The number of aromatic nitrogens is 1. The molecule has 0 aliphatic carbocycles. The number of carbonyl (C=O) groups is 2. The molecule has 192 valence electrons. The lowest BCUT2D eigenvalue weighted by molar-refractivity contribution is 0.0610. The Morgan fingerprint density at radius 1 is 1.03 bits per heavy atom. The van der Waals surface area contributed by atoms with Crippen molar-refractivity contribution in [2.75, 3.05) is 44.6 Å². The number of carbonyl (C=O) groups excluding carboxylic acids is 2. The molecular weight excluding hydrogens is 461 g/mol. The van der Waals surface area contributed by atoms with Crippen LogP contribution in [0, 0.1) is 5.82 Å². The van der Waals surface area contributed by atoms with Crippen molar-refractivity contribution in [3.8, 4) is 0 Å². The molecule has 3 amide bonds. The van der Waals surface area contributed by atoms with Gasteiger partial charge in [-0.3, -0.25) is 4.79 Å². The molecule has 1 aliphatic rings. The molecule has 1 aromatic carbocycles. The Hall–Kier alpha value is -3.59. The molecule has 3 heterocycles. The highest BCUT2D eigenvalue weighted by molar-refractivity contribution is 5.91. The van der Waals surface area contributed by atoms with Crippen LogP contribution in [0.15, 0.2) is 59.1 Å². The fraction of sp³-hybridized carbons (Fsp3) is 0.407. The Bertz CT molecular complexity index is 1170. The number of para-hydroxylation sites is 1. The van der Waals surface area contributed by atoms with Crippen LogP contribution >= 0.6 is 0 Å². The molecular formula is C27H34FN5O3. The van der Waals surface area contributed by atoms with E-state index in [0.717, 1.165) is 31.7 Å². The quantitative estimate of drug-likeness (QED) is 0.475. The van der Waals surface area contributed by atoms with Gasteiger partial charge in [0, 0.05) is 44.6 Å². The molecule has 0 radical (unpaired) electrons. The van der Waals surface area contributed by atoms with Crippen molar-refractivity contribution >= 4 is 17.6 Å². The van der Waals surface area contributed by atoms with E-state index >= 15 is 0 Å². The zero-order valence-electron chi connectivity index (χ0n) is 21.0. The predicted octanol–water partition coefficient (Wildman–Crippen LogP) is 4.49. The van der Waals surface area contributed by atoms with Gasteiger partial charge in [-0.05, 0) is 49.4 Å². The molecule has 0 bridgehead atoms. The first-order chi connectivity index (χ1) is 17.5. The SMILES string of the molecule is CCCN(Cc1cccn1Cc1ccc(C(=O)N2CCN(CC)CC2)o1)C(=O)Nc1ccccc1F. The van der Waals surface area contributed by atoms with Gasteiger partial charge in [0.25, 0.3) is 5.91 Å². The average Bonchev–Trinajstić information content (AvgIpc) is 3.54. The number of benzene rings is 1. The fourth-order valence-electron chi connectivity index (χ4n) is 4.39. The molecule has 4 rings (SSSR count). The van der Waals surface area contributed by atoms with E-state index in [2.05, 4.69) is 17.1 Å². The fourth-order valence-corrected chi connectivity index (χ4v) is 4.39. The highest BCUT2D eigenvalue weighted by Gasteiger charge is 2.24. The molecule has 8 nitrogen and oxygen atoms in total. The van der Waals surface area contributed by atoms with Crippen molar-refractivity contribution in [3.63, 3.8) is 0 Å². The number of amides is 3. The number of likely N-dealkylation sites (N-methyl/N-ethyl adjacent to an activating group) is 1. The van der Waals surface area contributed by atoms with Crippen LogP contribution in [0.1, 0.15) is 42.3 Å². The smallest absolute Gasteiger partial charge is 0.322 e. The summed E-state index contributed by atoms with van der Waals surface area (Å²) >= 11 is 0. The second-order valence-electron chi connectivity index (χ2n) is 8.95. The van der Waals surface area contributed by atoms with E-state index < -0.39 is 5.82 Å². The summed E-state index contributed by atoms with van der Waals surface area (Å²) in [5.74, 6) is 0.464. The summed E-state index contributed by atoms with van der Waals surface area (Å²) in [6, 6.07) is 13.2. The van der Waals surface area contributed by atoms with Gasteiger partial charge in [-0.2, -0.15) is 0 Å². The van der Waals surface area contributed by atoms with Crippen LogP contribution in [0.3, 0.4) is 0 Å². The van der Waals surface area contributed by atoms with Gasteiger partial charge in [-0.1, -0.05) is 26.0 Å². The minimum Gasteiger partial charge on any atom is -0.454 e. The summed E-state index contributed by atoms with van der Waals surface area (Å²) in [5.41, 5.74) is 1.06. The highest BCUT2D eigenvalue weighted by Crippen LogP contribution is 2.18. The van der Waals surface area contributed by atoms with E-state index in [1.54, 1.807) is 29.2 Å². The van der Waals surface area contributed by atoms with E-state index in [4.69, 9.17) is 4.42 Å². The summed E-state index contributed by atoms with van der Waals surface area (Å²) in [6.45, 7) is 9.59. The molecule has 0 saturated carbocycles. The standard InChI is InChI=1S/C27H34FN5O3/c1-3-13-33(27(35)29-24-10-6-5-9-23(24)28)19-21-8-7-14-32(21)20-22-11-12-25(36-22)26(34)31-17-15-30(4-2)16-18-31/h5-12,14H,3-4,13,15-20H2,1-2H3,(H,29,35). The largest absolute Gasteiger partial charge is 0.454 e. The Labute approximate surface area is 211 Å². The molecule has 2 aromatic heterocycles. The van der Waals surface area contributed by atoms with Crippen molar-refractivity contribution in [3.05, 3.63) is 77.8 Å². The molecule has 1 saturated heterocycles. The minimum absolute atomic E-state index is 0.0799. The van der Waals surface area contributed by atoms with E-state index in [1.165, 1.54) is 6.07 Å². The Balaban J connectivity index is 1.40. The second-order valence-corrected chi connectivity index (χ2v) is 8.95. The molecule has 9 heteroatoms. The molecule has 0 atom stereocenters. The zero-order valence-corrected chi connectivity index (χ0v) is 21.0. The van der Waals surface area contributed by atoms with Crippen molar-refractivity contribution in [2.45, 2.75) is 33.4 Å². The molecule has 1 fully saturated rings. The summed E-state index contributed by atoms with van der Waals surface area (Å²) in [6.07, 6.45) is 2.68. The van der Waals surface area contributed by atoms with Crippen LogP contribution in [0.2, 0.25) is 0 Å². The normalized spacial score (nSPS) is 14.1. The van der Waals surface area contributed by atoms with E-state index in [-0.39, 0.29) is 17.6 Å². The summed E-state index contributed by atoms with van der Waals surface area (Å²) in [7, 11) is 0. The van der Waals surface area contributed by atoms with Crippen LogP contribution < -0.4 is 5.32 Å². The number of nitrogens with zero attached hydrogens (tertiary/aromatic N) is 4. The summed E-state index contributed by atoms with van der Waals surface area (Å²) in [4.78, 5) is 31.6. The number of hydrogen-bond acceptors (Lipinski definition) is 4. The monoisotopic (exact) mass is 495 g/mol. The van der Waals surface area contributed by atoms with Crippen LogP contribution in [0.25, 0.3) is 0 Å². The third-order valence-electron chi connectivity index (χ3n) is 6.48. The molecule has 1 N–H and O–H groups in total. The van der Waals surface area contributed by atoms with Gasteiger partial charge in [-0.25, -0.2) is 9.18 Å². The van der Waals surface area contributed by atoms with Crippen molar-refractivity contribution in [2.24, 2.45) is 0 Å². The number of furan rings is 1. The minimum atomic E-state index is -0.471. The Morgan fingerprint density at radius 3 is 2.53 bits per heavy atom. The molecule has 0 spiro atoms. The van der Waals surface area contributed by atoms with Crippen LogP contribution in [0.4, 0.5) is 14.9 Å². The number of halogens is 1. The van der Waals surface area contributed by atoms with Crippen LogP contribution in [0.5, 0.6) is 0 Å². The maximum absolute atomic E-state index is 14.0. The van der Waals surface area contributed by atoms with Gasteiger partial charge in [0.15, 0.2) is 5.76 Å². The van der Waals surface area contributed by atoms with Gasteiger partial charge in [0.2, 0.25) is 0 Å². The maximum Gasteiger partial charge on any atom is 0.322 e. The summed E-state index contributed by atoms with van der Waals surface area (Å²) in [5, 5.41) is 2.67. The molecule has 0 unspecified atom stereocenters. The molecule has 36 heavy (non-hydrogen) atoms. The third-order valence-corrected chi connectivity index (χ3v) is 6.48. The number of anilines is 1. The van der Waals surface area contributed by atoms with Gasteiger partial charge in [-0.15, -0.1) is 0 Å². The lowest BCUT2D eigenvalue weighted by atomic mass is 10.3. The topological polar surface area (TPSA) is 74.0 Å². The first-order valence-corrected chi connectivity index (χ1v) is 12.5. The molecule has 3 aromatic rings. The zero-order chi connectivity index (χ0) is 25.5. The van der Waals surface area contributed by atoms with Crippen LogP contribution in [-0.2, 0) is 13.1 Å². The van der Waals surface area contributed by atoms with Crippen molar-refractivity contribution in [1.29, 1.82) is 0 Å². The van der Waals surface area contributed by atoms with Crippen molar-refractivity contribution in [1.82, 2.24) is 19.3 Å². The van der Waals surface area contributed by atoms with Gasteiger partial charge in [0.1, 0.15) is 11.6 Å². The van der Waals surface area contributed by atoms with Crippen molar-refractivity contribution < 1.29 is 18.4 Å². The highest BCUT2D eigenvalue weighted by atomic mass is 19.1. The summed E-state index contributed by atoms with van der Waals surface area (Å²) < 4.78 is 21.9. The number of piperazine rings is 1. The lowest BCUT2D eigenvalue weighted by Crippen LogP contribution is -2.48. The first kappa shape index (κ1) is 25.5. The van der Waals surface area contributed by atoms with Gasteiger partial charge < -0.3 is 29.0 Å². The van der Waals surface area contributed by atoms with Crippen LogP contribution in [-0.4, -0.2) is 70.5 Å². The number of urea groups is 1.